The van der Waals surface area contributed by atoms with E-state index in [1.165, 1.54) is 31.8 Å². The van der Waals surface area contributed by atoms with Gasteiger partial charge in [-0.2, -0.15) is 0 Å². The number of rotatable bonds is 13. The quantitative estimate of drug-likeness (QED) is 0.110. The normalized spacial score (nSPS) is 11.1. The molecule has 0 N–H and O–H groups in total. The third-order valence-electron chi connectivity index (χ3n) is 9.27. The van der Waals surface area contributed by atoms with Crippen molar-refractivity contribution in [3.8, 4) is 22.6 Å². The Hall–Kier alpha value is -5.78. The van der Waals surface area contributed by atoms with Crippen LogP contribution in [0.25, 0.3) is 11.1 Å². The van der Waals surface area contributed by atoms with Gasteiger partial charge >= 0.3 is 0 Å². The van der Waals surface area contributed by atoms with Gasteiger partial charge in [0.15, 0.2) is 0 Å². The lowest BCUT2D eigenvalue weighted by Crippen LogP contribution is -2.27. The highest BCUT2D eigenvalue weighted by atomic mass is 31.1. The van der Waals surface area contributed by atoms with Crippen molar-refractivity contribution in [3.05, 3.63) is 230 Å². The van der Waals surface area contributed by atoms with E-state index in [4.69, 9.17) is 9.47 Å². The van der Waals surface area contributed by atoms with E-state index in [9.17, 15) is 0 Å². The van der Waals surface area contributed by atoms with Crippen molar-refractivity contribution in [2.45, 2.75) is 13.2 Å². The van der Waals surface area contributed by atoms with Gasteiger partial charge in [-0.15, -0.1) is 0 Å². The van der Waals surface area contributed by atoms with Crippen LogP contribution < -0.4 is 41.3 Å². The Bertz CT molecular complexity index is 2120. The van der Waals surface area contributed by atoms with Gasteiger partial charge in [-0.3, -0.25) is 0 Å². The molecule has 0 aliphatic heterocycles. The molecular weight excluding hydrogens is 694 g/mol. The standard InChI is InChI=1S/C50H40O2P2/c1-7-21-39(22-8-1)37-51-47-35-19-33-45(49(47)53(41-25-11-3-12-26-41)42-27-13-4-14-28-42)46-34-20-36-48(52-38-40-23-9-2-10-24-40)50(46)54(43-29-15-5-16-30-43)44-31-17-6-18-32-44/h1-36H,37-38H2. The lowest BCUT2D eigenvalue weighted by Gasteiger charge is -2.29. The minimum Gasteiger partial charge on any atom is -0.488 e. The Kier molecular flexibility index (Phi) is 11.3. The summed E-state index contributed by atoms with van der Waals surface area (Å²) >= 11 is 0. The average Bonchev–Trinajstić information content (AvgIpc) is 3.25. The van der Waals surface area contributed by atoms with Crippen molar-refractivity contribution >= 4 is 47.7 Å². The van der Waals surface area contributed by atoms with Gasteiger partial charge in [-0.05, 0) is 71.4 Å². The van der Waals surface area contributed by atoms with Gasteiger partial charge in [-0.1, -0.05) is 206 Å². The Balaban J connectivity index is 1.40. The zero-order valence-corrected chi connectivity index (χ0v) is 31.7. The van der Waals surface area contributed by atoms with Crippen LogP contribution >= 0.6 is 15.8 Å². The van der Waals surface area contributed by atoms with Crippen molar-refractivity contribution in [2.24, 2.45) is 0 Å². The fourth-order valence-electron chi connectivity index (χ4n) is 6.77. The van der Waals surface area contributed by atoms with Crippen molar-refractivity contribution in [3.63, 3.8) is 0 Å². The molecule has 8 aromatic rings. The summed E-state index contributed by atoms with van der Waals surface area (Å²) < 4.78 is 13.8. The predicted molar refractivity (Wildman–Crippen MR) is 231 cm³/mol. The van der Waals surface area contributed by atoms with Crippen molar-refractivity contribution < 1.29 is 9.47 Å². The highest BCUT2D eigenvalue weighted by Crippen LogP contribution is 2.45. The smallest absolute Gasteiger partial charge is 0.128 e. The SMILES string of the molecule is c1ccc(COc2cccc(-c3cccc(OCc4ccccc4)c3P(c3ccccc3)c3ccccc3)c2P(c2ccccc2)c2ccccc2)cc1. The van der Waals surface area contributed by atoms with Crippen molar-refractivity contribution in [2.75, 3.05) is 0 Å². The maximum absolute atomic E-state index is 6.90. The van der Waals surface area contributed by atoms with Crippen LogP contribution in [0.15, 0.2) is 218 Å². The number of hydrogen-bond acceptors (Lipinski definition) is 2. The molecule has 0 saturated carbocycles. The monoisotopic (exact) mass is 734 g/mol. The first-order valence-electron chi connectivity index (χ1n) is 18.2. The van der Waals surface area contributed by atoms with Crippen LogP contribution in [0.4, 0.5) is 0 Å². The lowest BCUT2D eigenvalue weighted by atomic mass is 10.0. The van der Waals surface area contributed by atoms with E-state index in [0.29, 0.717) is 13.2 Å². The molecule has 0 aliphatic carbocycles. The first kappa shape index (κ1) is 35.3. The molecule has 8 aromatic carbocycles. The largest absolute Gasteiger partial charge is 0.488 e. The van der Waals surface area contributed by atoms with Gasteiger partial charge in [0, 0.05) is 10.6 Å². The molecule has 0 aromatic heterocycles. The summed E-state index contributed by atoms with van der Waals surface area (Å²) in [5, 5.41) is 7.45. The zero-order chi connectivity index (χ0) is 36.4. The van der Waals surface area contributed by atoms with Gasteiger partial charge < -0.3 is 9.47 Å². The van der Waals surface area contributed by atoms with E-state index in [1.54, 1.807) is 0 Å². The van der Waals surface area contributed by atoms with Crippen molar-refractivity contribution in [1.82, 2.24) is 0 Å². The molecule has 0 heterocycles. The molecule has 0 saturated heterocycles. The van der Waals surface area contributed by atoms with Gasteiger partial charge in [0.05, 0.1) is 0 Å². The molecule has 54 heavy (non-hydrogen) atoms. The summed E-state index contributed by atoms with van der Waals surface area (Å²) in [7, 11) is -2.09. The highest BCUT2D eigenvalue weighted by molar-refractivity contribution is 7.81. The summed E-state index contributed by atoms with van der Waals surface area (Å²) in [4.78, 5) is 0. The molecule has 0 radical (unpaired) electrons. The van der Waals surface area contributed by atoms with Gasteiger partial charge in [0.2, 0.25) is 0 Å². The first-order chi connectivity index (χ1) is 26.8. The summed E-state index contributed by atoms with van der Waals surface area (Å²) in [6, 6.07) is 77.7. The van der Waals surface area contributed by atoms with E-state index in [2.05, 4.69) is 206 Å². The first-order valence-corrected chi connectivity index (χ1v) is 20.9. The molecule has 0 bridgehead atoms. The number of benzene rings is 8. The molecule has 0 aliphatic rings. The summed E-state index contributed by atoms with van der Waals surface area (Å²) in [5.74, 6) is 1.78. The molecule has 2 nitrogen and oxygen atoms in total. The van der Waals surface area contributed by atoms with Gasteiger partial charge in [-0.25, -0.2) is 0 Å². The third kappa shape index (κ3) is 8.07. The van der Waals surface area contributed by atoms with Crippen LogP contribution in [-0.2, 0) is 13.2 Å². The predicted octanol–water partition coefficient (Wildman–Crippen LogP) is 10.0. The number of ether oxygens (including phenoxy) is 2. The zero-order valence-electron chi connectivity index (χ0n) is 29.9. The van der Waals surface area contributed by atoms with E-state index in [-0.39, 0.29) is 0 Å². The molecule has 4 heteroatoms. The molecule has 0 atom stereocenters. The average molecular weight is 735 g/mol. The molecule has 0 unspecified atom stereocenters. The molecule has 0 amide bonds. The summed E-state index contributed by atoms with van der Waals surface area (Å²) in [6.07, 6.45) is 0. The topological polar surface area (TPSA) is 18.5 Å². The minimum atomic E-state index is -1.04. The van der Waals surface area contributed by atoms with Crippen LogP contribution in [-0.4, -0.2) is 0 Å². The van der Waals surface area contributed by atoms with E-state index in [1.807, 2.05) is 12.1 Å². The maximum atomic E-state index is 6.90. The van der Waals surface area contributed by atoms with E-state index in [0.717, 1.165) is 33.8 Å². The van der Waals surface area contributed by atoms with Crippen LogP contribution in [0, 0.1) is 0 Å². The van der Waals surface area contributed by atoms with Crippen molar-refractivity contribution in [1.29, 1.82) is 0 Å². The van der Waals surface area contributed by atoms with E-state index < -0.39 is 15.8 Å². The number of hydrogen-bond donors (Lipinski definition) is 0. The second-order valence-corrected chi connectivity index (χ2v) is 17.2. The summed E-state index contributed by atoms with van der Waals surface area (Å²) in [6.45, 7) is 0.940. The minimum absolute atomic E-state index is 0.470. The molecule has 262 valence electrons. The molecule has 8 rings (SSSR count). The van der Waals surface area contributed by atoms with Crippen LogP contribution in [0.2, 0.25) is 0 Å². The second kappa shape index (κ2) is 17.4. The highest BCUT2D eigenvalue weighted by Gasteiger charge is 2.30. The Labute approximate surface area is 321 Å². The second-order valence-electron chi connectivity index (χ2n) is 12.9. The Morgan fingerprint density at radius 1 is 0.278 bits per heavy atom. The summed E-state index contributed by atoms with van der Waals surface area (Å²) in [5.41, 5.74) is 4.57. The maximum Gasteiger partial charge on any atom is 0.128 e. The Morgan fingerprint density at radius 2 is 0.556 bits per heavy atom. The lowest BCUT2D eigenvalue weighted by molar-refractivity contribution is 0.308. The van der Waals surface area contributed by atoms with Gasteiger partial charge in [0.1, 0.15) is 24.7 Å². The van der Waals surface area contributed by atoms with Crippen LogP contribution in [0.1, 0.15) is 11.1 Å². The Morgan fingerprint density at radius 3 is 0.852 bits per heavy atom. The fraction of sp³-hybridized carbons (Fsp3) is 0.0400. The van der Waals surface area contributed by atoms with Gasteiger partial charge in [0.25, 0.3) is 0 Å². The third-order valence-corrected chi connectivity index (χ3v) is 14.3. The molecule has 0 spiro atoms. The molecule has 0 fully saturated rings. The fourth-order valence-corrected chi connectivity index (χ4v) is 11.9. The molecular formula is C50H40O2P2. The van der Waals surface area contributed by atoms with E-state index >= 15 is 0 Å². The van der Waals surface area contributed by atoms with Crippen LogP contribution in [0.3, 0.4) is 0 Å². The van der Waals surface area contributed by atoms with Crippen LogP contribution in [0.5, 0.6) is 11.5 Å².